The summed E-state index contributed by atoms with van der Waals surface area (Å²) >= 11 is 0. The number of nitrogens with zero attached hydrogens (tertiary/aromatic N) is 3. The second-order valence-corrected chi connectivity index (χ2v) is 8.17. The molecule has 8 nitrogen and oxygen atoms in total. The Bertz CT molecular complexity index is 730. The van der Waals surface area contributed by atoms with Gasteiger partial charge in [0, 0.05) is 26.6 Å². The number of rotatable bonds is 15. The zero-order chi connectivity index (χ0) is 21.9. The number of aliphatic hydroxyl groups is 1. The molecule has 1 aromatic heterocycles. The van der Waals surface area contributed by atoms with E-state index in [0.717, 1.165) is 55.9 Å². The third kappa shape index (κ3) is 8.60. The average Bonchev–Trinajstić information content (AvgIpc) is 2.89. The van der Waals surface area contributed by atoms with Crippen LogP contribution in [0.15, 0.2) is 9.59 Å². The van der Waals surface area contributed by atoms with E-state index in [0.29, 0.717) is 32.4 Å². The summed E-state index contributed by atoms with van der Waals surface area (Å²) in [7, 11) is 2.86. The molecule has 0 radical (unpaired) electrons. The quantitative estimate of drug-likeness (QED) is 0.352. The van der Waals surface area contributed by atoms with Crippen molar-refractivity contribution in [2.45, 2.75) is 103 Å². The van der Waals surface area contributed by atoms with E-state index in [1.807, 2.05) is 0 Å². The molecule has 0 aliphatic heterocycles. The van der Waals surface area contributed by atoms with Gasteiger partial charge in [-0.05, 0) is 32.6 Å². The van der Waals surface area contributed by atoms with E-state index in [4.69, 9.17) is 0 Å². The van der Waals surface area contributed by atoms with Crippen LogP contribution in [-0.4, -0.2) is 37.7 Å². The van der Waals surface area contributed by atoms with Crippen molar-refractivity contribution in [1.82, 2.24) is 13.9 Å². The smallest absolute Gasteiger partial charge is 0.346 e. The van der Waals surface area contributed by atoms with Crippen molar-refractivity contribution in [3.63, 3.8) is 0 Å². The molecule has 0 fully saturated rings. The van der Waals surface area contributed by atoms with Crippen molar-refractivity contribution < 1.29 is 14.6 Å². The first kappa shape index (κ1) is 25.2. The second kappa shape index (κ2) is 12.7. The Labute approximate surface area is 173 Å². The van der Waals surface area contributed by atoms with Crippen LogP contribution in [-0.2, 0) is 29.7 Å². The molecule has 8 heteroatoms. The van der Waals surface area contributed by atoms with Crippen LogP contribution in [0.25, 0.3) is 0 Å². The van der Waals surface area contributed by atoms with E-state index in [9.17, 15) is 19.5 Å². The van der Waals surface area contributed by atoms with Gasteiger partial charge in [0.25, 0.3) is 0 Å². The minimum atomic E-state index is -0.849. The number of aromatic nitrogens is 3. The molecule has 29 heavy (non-hydrogen) atoms. The lowest BCUT2D eigenvalue weighted by Gasteiger charge is -2.23. The Morgan fingerprint density at radius 3 is 2.14 bits per heavy atom. The average molecular weight is 414 g/mol. The van der Waals surface area contributed by atoms with Gasteiger partial charge >= 0.3 is 17.3 Å². The first-order chi connectivity index (χ1) is 13.7. The van der Waals surface area contributed by atoms with Crippen molar-refractivity contribution in [2.75, 3.05) is 7.11 Å². The fraction of sp³-hybridized carbons (Fsp3) is 0.857. The largest absolute Gasteiger partial charge is 0.469 e. The van der Waals surface area contributed by atoms with Crippen LogP contribution in [0.5, 0.6) is 0 Å². The number of methoxy groups -OCH3 is 1. The number of carbonyl (C=O) groups excluding carboxylic acids is 1. The summed E-state index contributed by atoms with van der Waals surface area (Å²) in [5.41, 5.74) is -1.52. The summed E-state index contributed by atoms with van der Waals surface area (Å²) in [4.78, 5) is 36.0. The normalized spacial score (nSPS) is 13.4. The summed E-state index contributed by atoms with van der Waals surface area (Å²) < 4.78 is 8.67. The van der Waals surface area contributed by atoms with Gasteiger partial charge in [-0.2, -0.15) is 0 Å². The zero-order valence-corrected chi connectivity index (χ0v) is 18.6. The molecule has 0 saturated carbocycles. The lowest BCUT2D eigenvalue weighted by molar-refractivity contribution is -0.140. The first-order valence-electron chi connectivity index (χ1n) is 10.9. The molecular weight excluding hydrogens is 374 g/mol. The molecule has 1 unspecified atom stereocenters. The molecule has 0 bridgehead atoms. The number of ether oxygens (including phenoxy) is 1. The van der Waals surface area contributed by atoms with Gasteiger partial charge in [-0.1, -0.05) is 45.4 Å². The van der Waals surface area contributed by atoms with Crippen molar-refractivity contribution in [1.29, 1.82) is 0 Å². The van der Waals surface area contributed by atoms with E-state index < -0.39 is 5.60 Å². The van der Waals surface area contributed by atoms with Crippen LogP contribution in [0.3, 0.4) is 0 Å². The molecule has 0 amide bonds. The Kier molecular flexibility index (Phi) is 11.0. The predicted molar refractivity (Wildman–Crippen MR) is 113 cm³/mol. The van der Waals surface area contributed by atoms with Crippen LogP contribution < -0.4 is 11.4 Å². The first-order valence-corrected chi connectivity index (χ1v) is 10.9. The van der Waals surface area contributed by atoms with Gasteiger partial charge in [0.15, 0.2) is 0 Å². The molecule has 0 aromatic carbocycles. The van der Waals surface area contributed by atoms with E-state index in [-0.39, 0.29) is 17.3 Å². The van der Waals surface area contributed by atoms with Crippen LogP contribution >= 0.6 is 0 Å². The van der Waals surface area contributed by atoms with Crippen molar-refractivity contribution >= 4 is 5.97 Å². The van der Waals surface area contributed by atoms with Crippen molar-refractivity contribution in [2.24, 2.45) is 7.05 Å². The van der Waals surface area contributed by atoms with Crippen molar-refractivity contribution in [3.05, 3.63) is 21.0 Å². The van der Waals surface area contributed by atoms with Crippen molar-refractivity contribution in [3.8, 4) is 0 Å². The van der Waals surface area contributed by atoms with Gasteiger partial charge < -0.3 is 9.84 Å². The number of carbonyl (C=O) groups is 1. The molecule has 0 saturated heterocycles. The van der Waals surface area contributed by atoms with Gasteiger partial charge in [-0.3, -0.25) is 4.79 Å². The Morgan fingerprint density at radius 2 is 1.52 bits per heavy atom. The molecule has 1 atom stereocenters. The van der Waals surface area contributed by atoms with Crippen LogP contribution in [0.1, 0.15) is 84.5 Å². The minimum Gasteiger partial charge on any atom is -0.469 e. The monoisotopic (exact) mass is 413 g/mol. The highest BCUT2D eigenvalue weighted by molar-refractivity contribution is 5.68. The maximum Gasteiger partial charge on any atom is 0.346 e. The van der Waals surface area contributed by atoms with E-state index in [1.165, 1.54) is 23.5 Å². The molecule has 1 rings (SSSR count). The maximum atomic E-state index is 12.4. The molecule has 0 aliphatic carbocycles. The fourth-order valence-corrected chi connectivity index (χ4v) is 3.46. The molecular formula is C21H39N3O5. The fourth-order valence-electron chi connectivity index (χ4n) is 3.46. The van der Waals surface area contributed by atoms with Crippen LogP contribution in [0.4, 0.5) is 0 Å². The Hall–Kier alpha value is -1.83. The number of hydrogen-bond donors (Lipinski definition) is 1. The molecule has 1 aromatic rings. The standard InChI is InChI=1S/C21H39N3O5/c1-5-6-7-11-14-21(2,28)15-17-24-20(27)22(3)19(26)23(24)16-12-9-8-10-13-18(25)29-4/h28H,5-17H2,1-4H3. The Balaban J connectivity index is 2.60. The second-order valence-electron chi connectivity index (χ2n) is 8.17. The van der Waals surface area contributed by atoms with E-state index in [1.54, 1.807) is 6.92 Å². The molecule has 1 heterocycles. The molecule has 168 valence electrons. The van der Waals surface area contributed by atoms with Gasteiger partial charge in [-0.15, -0.1) is 0 Å². The van der Waals surface area contributed by atoms with E-state index in [2.05, 4.69) is 11.7 Å². The minimum absolute atomic E-state index is 0.208. The predicted octanol–water partition coefficient (Wildman–Crippen LogP) is 2.58. The summed E-state index contributed by atoms with van der Waals surface area (Å²) in [6.45, 7) is 4.72. The maximum absolute atomic E-state index is 12.4. The van der Waals surface area contributed by atoms with E-state index >= 15 is 0 Å². The lowest BCUT2D eigenvalue weighted by Crippen LogP contribution is -2.32. The summed E-state index contributed by atoms with van der Waals surface area (Å²) in [5.74, 6) is -0.208. The van der Waals surface area contributed by atoms with Gasteiger partial charge in [0.1, 0.15) is 0 Å². The SMILES string of the molecule is CCCCCCC(C)(O)CCn1c(=O)n(C)c(=O)n1CCCCCCC(=O)OC. The van der Waals surface area contributed by atoms with Gasteiger partial charge in [-0.25, -0.2) is 23.5 Å². The van der Waals surface area contributed by atoms with Crippen LogP contribution in [0.2, 0.25) is 0 Å². The molecule has 0 spiro atoms. The number of unbranched alkanes of at least 4 members (excludes halogenated alkanes) is 6. The third-order valence-electron chi connectivity index (χ3n) is 5.47. The number of hydrogen-bond acceptors (Lipinski definition) is 5. The van der Waals surface area contributed by atoms with Crippen LogP contribution in [0, 0.1) is 0 Å². The highest BCUT2D eigenvalue weighted by atomic mass is 16.5. The van der Waals surface area contributed by atoms with Gasteiger partial charge in [0.05, 0.1) is 12.7 Å². The lowest BCUT2D eigenvalue weighted by atomic mass is 9.94. The third-order valence-corrected chi connectivity index (χ3v) is 5.47. The summed E-state index contributed by atoms with van der Waals surface area (Å²) in [6.07, 6.45) is 9.13. The molecule has 1 N–H and O–H groups in total. The highest BCUT2D eigenvalue weighted by Gasteiger charge is 2.22. The molecule has 0 aliphatic rings. The summed E-state index contributed by atoms with van der Waals surface area (Å²) in [5, 5.41) is 10.6. The topological polar surface area (TPSA) is 95.5 Å². The zero-order valence-electron chi connectivity index (χ0n) is 18.6. The van der Waals surface area contributed by atoms with Gasteiger partial charge in [0.2, 0.25) is 0 Å². The number of esters is 1. The summed E-state index contributed by atoms with van der Waals surface area (Å²) in [6, 6.07) is 0. The Morgan fingerprint density at radius 1 is 0.931 bits per heavy atom. The highest BCUT2D eigenvalue weighted by Crippen LogP contribution is 2.19.